The van der Waals surface area contributed by atoms with E-state index >= 15 is 0 Å². The molecule has 1 aliphatic rings. The van der Waals surface area contributed by atoms with Crippen molar-refractivity contribution in [1.82, 2.24) is 14.8 Å². The van der Waals surface area contributed by atoms with Gasteiger partial charge in [-0.3, -0.25) is 0 Å². The van der Waals surface area contributed by atoms with Gasteiger partial charge in [-0.25, -0.2) is 14.5 Å². The maximum atomic E-state index is 10.7. The highest BCUT2D eigenvalue weighted by molar-refractivity contribution is 5.78. The van der Waals surface area contributed by atoms with Crippen LogP contribution in [-0.2, 0) is 4.79 Å². The van der Waals surface area contributed by atoms with Crippen molar-refractivity contribution in [2.24, 2.45) is 4.99 Å². The summed E-state index contributed by atoms with van der Waals surface area (Å²) in [5, 5.41) is 12.5. The standard InChI is InChI=1S/C6H6N4O2/c11-5(12)4-1-2-7-6-8-3-9-10(4)6/h2-4H,1H2,(H,11,12). The molecule has 6 nitrogen and oxygen atoms in total. The monoisotopic (exact) mass is 166 g/mol. The quantitative estimate of drug-likeness (QED) is 0.637. The number of hydrogen-bond acceptors (Lipinski definition) is 4. The van der Waals surface area contributed by atoms with Crippen molar-refractivity contribution in [3.05, 3.63) is 6.33 Å². The molecule has 62 valence electrons. The van der Waals surface area contributed by atoms with E-state index in [2.05, 4.69) is 15.1 Å². The van der Waals surface area contributed by atoms with Gasteiger partial charge in [-0.15, -0.1) is 0 Å². The second kappa shape index (κ2) is 2.40. The first-order valence-corrected chi connectivity index (χ1v) is 3.44. The maximum absolute atomic E-state index is 10.7. The van der Waals surface area contributed by atoms with Crippen LogP contribution in [0.2, 0.25) is 0 Å². The summed E-state index contributed by atoms with van der Waals surface area (Å²) in [5.74, 6) is -0.554. The van der Waals surface area contributed by atoms with Crippen LogP contribution in [0.25, 0.3) is 0 Å². The summed E-state index contributed by atoms with van der Waals surface area (Å²) in [4.78, 5) is 18.3. The van der Waals surface area contributed by atoms with E-state index in [4.69, 9.17) is 5.11 Å². The van der Waals surface area contributed by atoms with Crippen molar-refractivity contribution in [2.75, 3.05) is 0 Å². The van der Waals surface area contributed by atoms with E-state index in [0.29, 0.717) is 12.4 Å². The number of carboxylic acids is 1. The fraction of sp³-hybridized carbons (Fsp3) is 0.333. The predicted molar refractivity (Wildman–Crippen MR) is 39.5 cm³/mol. The van der Waals surface area contributed by atoms with Gasteiger partial charge in [0.1, 0.15) is 6.33 Å². The molecule has 2 rings (SSSR count). The highest BCUT2D eigenvalue weighted by Gasteiger charge is 2.24. The zero-order valence-electron chi connectivity index (χ0n) is 6.08. The minimum absolute atomic E-state index is 0.355. The van der Waals surface area contributed by atoms with Crippen LogP contribution in [0.3, 0.4) is 0 Å². The second-order valence-corrected chi connectivity index (χ2v) is 2.41. The Hall–Kier alpha value is -1.72. The lowest BCUT2D eigenvalue weighted by molar-refractivity contribution is -0.141. The number of hydrogen-bond donors (Lipinski definition) is 1. The second-order valence-electron chi connectivity index (χ2n) is 2.41. The normalized spacial score (nSPS) is 20.5. The zero-order valence-corrected chi connectivity index (χ0v) is 6.08. The first-order valence-electron chi connectivity index (χ1n) is 3.44. The number of aliphatic imine (C=N–C) groups is 1. The fourth-order valence-corrected chi connectivity index (χ4v) is 1.10. The highest BCUT2D eigenvalue weighted by atomic mass is 16.4. The average molecular weight is 166 g/mol. The average Bonchev–Trinajstić information content (AvgIpc) is 2.49. The molecule has 1 N–H and O–H groups in total. The Labute approximate surface area is 67.6 Å². The molecule has 1 aliphatic heterocycles. The van der Waals surface area contributed by atoms with Crippen LogP contribution in [0.4, 0.5) is 5.95 Å². The first kappa shape index (κ1) is 6.96. The van der Waals surface area contributed by atoms with E-state index in [-0.39, 0.29) is 0 Å². The van der Waals surface area contributed by atoms with E-state index in [1.165, 1.54) is 11.0 Å². The molecule has 0 fully saturated rings. The van der Waals surface area contributed by atoms with E-state index in [1.807, 2.05) is 0 Å². The summed E-state index contributed by atoms with van der Waals surface area (Å²) in [6, 6.07) is -0.653. The molecule has 0 amide bonds. The topological polar surface area (TPSA) is 80.4 Å². The lowest BCUT2D eigenvalue weighted by Gasteiger charge is -2.13. The molecule has 0 saturated heterocycles. The van der Waals surface area contributed by atoms with Crippen molar-refractivity contribution < 1.29 is 9.90 Å². The number of aromatic nitrogens is 3. The minimum atomic E-state index is -0.909. The van der Waals surface area contributed by atoms with Crippen molar-refractivity contribution in [3.63, 3.8) is 0 Å². The van der Waals surface area contributed by atoms with Crippen LogP contribution in [0.5, 0.6) is 0 Å². The van der Waals surface area contributed by atoms with Crippen LogP contribution < -0.4 is 0 Å². The van der Waals surface area contributed by atoms with E-state index in [0.717, 1.165) is 0 Å². The summed E-state index contributed by atoms with van der Waals surface area (Å²) in [6.45, 7) is 0. The van der Waals surface area contributed by atoms with Gasteiger partial charge < -0.3 is 5.11 Å². The van der Waals surface area contributed by atoms with Crippen molar-refractivity contribution in [1.29, 1.82) is 0 Å². The third-order valence-electron chi connectivity index (χ3n) is 1.67. The Morgan fingerprint density at radius 3 is 3.33 bits per heavy atom. The van der Waals surface area contributed by atoms with Gasteiger partial charge in [0.25, 0.3) is 0 Å². The molecule has 0 spiro atoms. The van der Waals surface area contributed by atoms with Gasteiger partial charge in [0.05, 0.1) is 0 Å². The molecule has 2 heterocycles. The van der Waals surface area contributed by atoms with Crippen LogP contribution in [0.1, 0.15) is 12.5 Å². The third-order valence-corrected chi connectivity index (χ3v) is 1.67. The molecule has 1 atom stereocenters. The SMILES string of the molecule is O=C(O)C1CC=Nc2ncnn21. The summed E-state index contributed by atoms with van der Waals surface area (Å²) in [5.41, 5.74) is 0. The third kappa shape index (κ3) is 0.884. The van der Waals surface area contributed by atoms with Gasteiger partial charge in [-0.1, -0.05) is 0 Å². The van der Waals surface area contributed by atoms with E-state index in [9.17, 15) is 4.79 Å². The number of fused-ring (bicyclic) bond motifs is 1. The largest absolute Gasteiger partial charge is 0.480 e. The Bertz CT molecular complexity index is 343. The Kier molecular flexibility index (Phi) is 1.39. The van der Waals surface area contributed by atoms with E-state index < -0.39 is 12.0 Å². The molecule has 1 aromatic heterocycles. The molecule has 1 aromatic rings. The van der Waals surface area contributed by atoms with Crippen LogP contribution in [0.15, 0.2) is 11.3 Å². The van der Waals surface area contributed by atoms with Crippen molar-refractivity contribution >= 4 is 18.1 Å². The van der Waals surface area contributed by atoms with Gasteiger partial charge in [-0.2, -0.15) is 10.1 Å². The summed E-state index contributed by atoms with van der Waals surface area (Å²) < 4.78 is 1.31. The van der Waals surface area contributed by atoms with Crippen molar-refractivity contribution in [2.45, 2.75) is 12.5 Å². The summed E-state index contributed by atoms with van der Waals surface area (Å²) in [7, 11) is 0. The number of carboxylic acid groups (broad SMARTS) is 1. The number of nitrogens with zero attached hydrogens (tertiary/aromatic N) is 4. The first-order chi connectivity index (χ1) is 5.79. The van der Waals surface area contributed by atoms with Gasteiger partial charge in [0.2, 0.25) is 5.95 Å². The molecule has 1 unspecified atom stereocenters. The number of rotatable bonds is 1. The van der Waals surface area contributed by atoms with Gasteiger partial charge >= 0.3 is 5.97 Å². The van der Waals surface area contributed by atoms with Crippen LogP contribution >= 0.6 is 0 Å². The van der Waals surface area contributed by atoms with Gasteiger partial charge in [-0.05, 0) is 0 Å². The summed E-state index contributed by atoms with van der Waals surface area (Å²) in [6.07, 6.45) is 3.21. The number of aliphatic carboxylic acids is 1. The Morgan fingerprint density at radius 1 is 1.75 bits per heavy atom. The smallest absolute Gasteiger partial charge is 0.329 e. The lowest BCUT2D eigenvalue weighted by atomic mass is 10.2. The molecule has 0 saturated carbocycles. The molecule has 0 radical (unpaired) electrons. The molecule has 6 heteroatoms. The molecular formula is C6H6N4O2. The highest BCUT2D eigenvalue weighted by Crippen LogP contribution is 2.20. The summed E-state index contributed by atoms with van der Waals surface area (Å²) >= 11 is 0. The fourth-order valence-electron chi connectivity index (χ4n) is 1.10. The van der Waals surface area contributed by atoms with Crippen molar-refractivity contribution in [3.8, 4) is 0 Å². The molecule has 0 aliphatic carbocycles. The lowest BCUT2D eigenvalue weighted by Crippen LogP contribution is -2.22. The molecule has 0 aromatic carbocycles. The molecular weight excluding hydrogens is 160 g/mol. The zero-order chi connectivity index (χ0) is 8.55. The van der Waals surface area contributed by atoms with E-state index in [1.54, 1.807) is 6.21 Å². The van der Waals surface area contributed by atoms with Gasteiger partial charge in [0, 0.05) is 12.6 Å². The Balaban J connectivity index is 2.45. The van der Waals surface area contributed by atoms with Crippen LogP contribution in [-0.4, -0.2) is 32.1 Å². The predicted octanol–water partition coefficient (Wildman–Crippen LogP) is 0.00980. The maximum Gasteiger partial charge on any atom is 0.329 e. The number of carbonyl (C=O) groups is 1. The molecule has 12 heavy (non-hydrogen) atoms. The minimum Gasteiger partial charge on any atom is -0.480 e. The van der Waals surface area contributed by atoms with Gasteiger partial charge in [0.15, 0.2) is 6.04 Å². The molecule has 0 bridgehead atoms. The Morgan fingerprint density at radius 2 is 2.58 bits per heavy atom. The van der Waals surface area contributed by atoms with Crippen LogP contribution in [0, 0.1) is 0 Å².